The average molecular weight is 666 g/mol. The molecule has 0 heterocycles. The first kappa shape index (κ1) is 33.3. The minimum atomic E-state index is -0.214. The van der Waals surface area contributed by atoms with E-state index >= 15 is 0 Å². The Labute approximate surface area is 306 Å². The van der Waals surface area contributed by atoms with Crippen molar-refractivity contribution in [1.29, 1.82) is 0 Å². The van der Waals surface area contributed by atoms with E-state index in [1.807, 2.05) is 0 Å². The molecular formula is C50H51N. The van der Waals surface area contributed by atoms with E-state index in [0.29, 0.717) is 0 Å². The van der Waals surface area contributed by atoms with E-state index in [0.717, 1.165) is 5.69 Å². The Morgan fingerprint density at radius 3 is 1.73 bits per heavy atom. The van der Waals surface area contributed by atoms with E-state index in [4.69, 9.17) is 0 Å². The van der Waals surface area contributed by atoms with Crippen LogP contribution in [0.25, 0.3) is 33.4 Å². The molecule has 2 aliphatic rings. The van der Waals surface area contributed by atoms with Crippen LogP contribution in [0.3, 0.4) is 0 Å². The smallest absolute Gasteiger partial charge is 0.0508 e. The molecule has 0 spiro atoms. The van der Waals surface area contributed by atoms with Crippen molar-refractivity contribution in [3.05, 3.63) is 161 Å². The summed E-state index contributed by atoms with van der Waals surface area (Å²) in [6.07, 6.45) is 0. The second-order valence-corrected chi connectivity index (χ2v) is 17.9. The number of fused-ring (bicyclic) bond motifs is 6. The molecule has 6 aromatic carbocycles. The van der Waals surface area contributed by atoms with Crippen LogP contribution in [0.1, 0.15) is 103 Å². The normalized spacial score (nSPS) is 15.2. The Kier molecular flexibility index (Phi) is 7.38. The van der Waals surface area contributed by atoms with Gasteiger partial charge in [0.05, 0.1) is 5.69 Å². The molecule has 256 valence electrons. The maximum absolute atomic E-state index is 2.53. The van der Waals surface area contributed by atoms with Crippen LogP contribution in [-0.2, 0) is 21.7 Å². The van der Waals surface area contributed by atoms with Gasteiger partial charge in [0.2, 0.25) is 0 Å². The first-order valence-electron chi connectivity index (χ1n) is 18.6. The lowest BCUT2D eigenvalue weighted by Gasteiger charge is -2.35. The van der Waals surface area contributed by atoms with Gasteiger partial charge in [-0.2, -0.15) is 0 Å². The molecule has 6 aromatic rings. The van der Waals surface area contributed by atoms with Crippen LogP contribution in [0, 0.1) is 0 Å². The third-order valence-corrected chi connectivity index (χ3v) is 11.7. The third-order valence-electron chi connectivity index (χ3n) is 11.7. The summed E-state index contributed by atoms with van der Waals surface area (Å²) in [6.45, 7) is 23.8. The number of benzene rings is 6. The van der Waals surface area contributed by atoms with Crippen molar-refractivity contribution < 1.29 is 0 Å². The minimum Gasteiger partial charge on any atom is -0.310 e. The lowest BCUT2D eigenvalue weighted by Crippen LogP contribution is -2.26. The molecule has 0 fully saturated rings. The highest BCUT2D eigenvalue weighted by Gasteiger charge is 2.43. The SMILES string of the molecule is CC(C)(C)c1cc2c(c(C(C)(C)C)c1)C(C)(C)c1c-2cccc1N(c1ccc(-c2ccccc2)cc1)c1ccc2c(c1)C(C)(C)c1ccccc1-2. The summed E-state index contributed by atoms with van der Waals surface area (Å²) < 4.78 is 0. The summed E-state index contributed by atoms with van der Waals surface area (Å²) in [5.74, 6) is 0. The van der Waals surface area contributed by atoms with Crippen molar-refractivity contribution in [2.24, 2.45) is 0 Å². The van der Waals surface area contributed by atoms with Crippen molar-refractivity contribution in [1.82, 2.24) is 0 Å². The van der Waals surface area contributed by atoms with Crippen LogP contribution in [0.4, 0.5) is 17.1 Å². The molecular weight excluding hydrogens is 615 g/mol. The molecule has 0 aliphatic heterocycles. The number of hydrogen-bond donors (Lipinski definition) is 0. The number of anilines is 3. The molecule has 0 atom stereocenters. The van der Waals surface area contributed by atoms with Crippen LogP contribution in [0.2, 0.25) is 0 Å². The summed E-state index contributed by atoms with van der Waals surface area (Å²) in [4.78, 5) is 2.53. The fourth-order valence-electron chi connectivity index (χ4n) is 8.98. The maximum Gasteiger partial charge on any atom is 0.0508 e. The Hall–Kier alpha value is -4.88. The molecule has 0 unspecified atom stereocenters. The lowest BCUT2D eigenvalue weighted by atomic mass is 9.71. The first-order chi connectivity index (χ1) is 24.1. The zero-order chi connectivity index (χ0) is 36.1. The van der Waals surface area contributed by atoms with Crippen LogP contribution in [0.5, 0.6) is 0 Å². The molecule has 0 N–H and O–H groups in total. The van der Waals surface area contributed by atoms with Gasteiger partial charge in [0.15, 0.2) is 0 Å². The monoisotopic (exact) mass is 665 g/mol. The fourth-order valence-corrected chi connectivity index (χ4v) is 8.98. The van der Waals surface area contributed by atoms with Crippen molar-refractivity contribution in [2.45, 2.75) is 90.9 Å². The molecule has 51 heavy (non-hydrogen) atoms. The van der Waals surface area contributed by atoms with Gasteiger partial charge in [0.1, 0.15) is 0 Å². The highest BCUT2D eigenvalue weighted by atomic mass is 15.1. The number of nitrogens with zero attached hydrogens (tertiary/aromatic N) is 1. The molecule has 0 radical (unpaired) electrons. The molecule has 1 heteroatoms. The Bertz CT molecular complexity index is 2300. The zero-order valence-electron chi connectivity index (χ0n) is 32.1. The second kappa shape index (κ2) is 11.3. The van der Waals surface area contributed by atoms with Crippen molar-refractivity contribution >= 4 is 17.1 Å². The van der Waals surface area contributed by atoms with Crippen LogP contribution in [-0.4, -0.2) is 0 Å². The van der Waals surface area contributed by atoms with Crippen LogP contribution < -0.4 is 4.90 Å². The Morgan fingerprint density at radius 2 is 1.04 bits per heavy atom. The van der Waals surface area contributed by atoms with E-state index in [1.165, 1.54) is 78.1 Å². The minimum absolute atomic E-state index is 0.00164. The lowest BCUT2D eigenvalue weighted by molar-refractivity contribution is 0.545. The highest BCUT2D eigenvalue weighted by Crippen LogP contribution is 2.58. The summed E-state index contributed by atoms with van der Waals surface area (Å²) in [5, 5.41) is 0. The van der Waals surface area contributed by atoms with E-state index in [1.54, 1.807) is 0 Å². The van der Waals surface area contributed by atoms with Gasteiger partial charge < -0.3 is 4.90 Å². The number of rotatable bonds is 4. The summed E-state index contributed by atoms with van der Waals surface area (Å²) in [6, 6.07) is 48.0. The third kappa shape index (κ3) is 5.19. The van der Waals surface area contributed by atoms with Gasteiger partial charge in [-0.15, -0.1) is 0 Å². The molecule has 0 saturated carbocycles. The van der Waals surface area contributed by atoms with Gasteiger partial charge in [0.25, 0.3) is 0 Å². The van der Waals surface area contributed by atoms with Gasteiger partial charge in [-0.25, -0.2) is 0 Å². The fraction of sp³-hybridized carbons (Fsp3) is 0.280. The molecule has 0 aromatic heterocycles. The van der Waals surface area contributed by atoms with Gasteiger partial charge in [-0.05, 0) is 108 Å². The van der Waals surface area contributed by atoms with E-state index in [-0.39, 0.29) is 21.7 Å². The quantitative estimate of drug-likeness (QED) is 0.181. The predicted octanol–water partition coefficient (Wildman–Crippen LogP) is 14.0. The summed E-state index contributed by atoms with van der Waals surface area (Å²) >= 11 is 0. The number of hydrogen-bond acceptors (Lipinski definition) is 1. The molecule has 2 aliphatic carbocycles. The van der Waals surface area contributed by atoms with Crippen molar-refractivity contribution in [3.8, 4) is 33.4 Å². The van der Waals surface area contributed by atoms with Crippen molar-refractivity contribution in [3.63, 3.8) is 0 Å². The highest BCUT2D eigenvalue weighted by molar-refractivity contribution is 5.93. The van der Waals surface area contributed by atoms with E-state index in [9.17, 15) is 0 Å². The van der Waals surface area contributed by atoms with Crippen molar-refractivity contribution in [2.75, 3.05) is 4.90 Å². The van der Waals surface area contributed by atoms with Crippen LogP contribution >= 0.6 is 0 Å². The standard InChI is InChI=1S/C50H51N/c1-47(2,3)34-29-40-39-20-16-22-44(46(39)50(9,10)45(40)43(30-34)48(4,5)6)51(35-25-23-33(24-26-35)32-17-12-11-13-18-32)36-27-28-38-37-19-14-15-21-41(37)49(7,8)42(38)31-36/h11-31H,1-10H3. The zero-order valence-corrected chi connectivity index (χ0v) is 32.1. The van der Waals surface area contributed by atoms with Gasteiger partial charge in [-0.3, -0.25) is 0 Å². The molecule has 0 amide bonds. The average Bonchev–Trinajstić information content (AvgIpc) is 3.48. The van der Waals surface area contributed by atoms with E-state index < -0.39 is 0 Å². The van der Waals surface area contributed by atoms with E-state index in [2.05, 4.69) is 202 Å². The topological polar surface area (TPSA) is 3.24 Å². The summed E-state index contributed by atoms with van der Waals surface area (Å²) in [5.41, 5.74) is 19.7. The Balaban J connectivity index is 1.37. The first-order valence-corrected chi connectivity index (χ1v) is 18.6. The maximum atomic E-state index is 2.53. The molecule has 8 rings (SSSR count). The largest absolute Gasteiger partial charge is 0.310 e. The molecule has 0 saturated heterocycles. The van der Waals surface area contributed by atoms with Gasteiger partial charge in [0, 0.05) is 22.2 Å². The second-order valence-electron chi connectivity index (χ2n) is 17.9. The summed E-state index contributed by atoms with van der Waals surface area (Å²) in [7, 11) is 0. The molecule has 0 bridgehead atoms. The van der Waals surface area contributed by atoms with Gasteiger partial charge in [-0.1, -0.05) is 166 Å². The predicted molar refractivity (Wildman–Crippen MR) is 219 cm³/mol. The van der Waals surface area contributed by atoms with Gasteiger partial charge >= 0.3 is 0 Å². The van der Waals surface area contributed by atoms with Crippen LogP contribution in [0.15, 0.2) is 127 Å². The Morgan fingerprint density at radius 1 is 0.431 bits per heavy atom. The molecule has 1 nitrogen and oxygen atoms in total.